The number of para-hydroxylation sites is 1. The number of ether oxygens (including phenoxy) is 1. The second-order valence-electron chi connectivity index (χ2n) is 4.59. The molecule has 0 aliphatic carbocycles. The zero-order chi connectivity index (χ0) is 16.7. The maximum Gasteiger partial charge on any atom is 0.239 e. The van der Waals surface area contributed by atoms with Crippen molar-refractivity contribution in [3.63, 3.8) is 0 Å². The molecule has 23 heavy (non-hydrogen) atoms. The Kier molecular flexibility index (Phi) is 5.85. The lowest BCUT2D eigenvalue weighted by Gasteiger charge is -2.10. The molecule has 4 nitrogen and oxygen atoms in total. The molecule has 0 bridgehead atoms. The molecule has 0 saturated carbocycles. The zero-order valence-electron chi connectivity index (χ0n) is 12.1. The van der Waals surface area contributed by atoms with Crippen LogP contribution in [-0.2, 0) is 4.79 Å². The third-order valence-electron chi connectivity index (χ3n) is 2.91. The van der Waals surface area contributed by atoms with E-state index < -0.39 is 23.4 Å². The first-order chi connectivity index (χ1) is 11.1. The highest BCUT2D eigenvalue weighted by Gasteiger charge is 2.13. The SMILES string of the molecule is O=C(CNc1ccc(F)c(F)c1F)NCCOc1ccccc1. The average Bonchev–Trinajstić information content (AvgIpc) is 2.57. The molecule has 0 spiro atoms. The number of hydrogen-bond donors (Lipinski definition) is 2. The molecule has 0 aromatic heterocycles. The van der Waals surface area contributed by atoms with Crippen LogP contribution < -0.4 is 15.4 Å². The Labute approximate surface area is 131 Å². The summed E-state index contributed by atoms with van der Waals surface area (Å²) in [6.07, 6.45) is 0. The number of rotatable bonds is 7. The minimum atomic E-state index is -1.58. The first-order valence-electron chi connectivity index (χ1n) is 6.90. The number of hydrogen-bond acceptors (Lipinski definition) is 3. The summed E-state index contributed by atoms with van der Waals surface area (Å²) in [6.45, 7) is 0.262. The molecule has 0 fully saturated rings. The lowest BCUT2D eigenvalue weighted by Crippen LogP contribution is -2.33. The summed E-state index contributed by atoms with van der Waals surface area (Å²) in [4.78, 5) is 11.6. The number of carbonyl (C=O) groups is 1. The van der Waals surface area contributed by atoms with Gasteiger partial charge in [0.05, 0.1) is 18.8 Å². The minimum Gasteiger partial charge on any atom is -0.492 e. The molecule has 0 saturated heterocycles. The monoisotopic (exact) mass is 324 g/mol. The van der Waals surface area contributed by atoms with Crippen molar-refractivity contribution in [3.8, 4) is 5.75 Å². The Hall–Kier alpha value is -2.70. The van der Waals surface area contributed by atoms with E-state index in [9.17, 15) is 18.0 Å². The summed E-state index contributed by atoms with van der Waals surface area (Å²) in [5.74, 6) is -3.96. The maximum absolute atomic E-state index is 13.4. The smallest absolute Gasteiger partial charge is 0.239 e. The van der Waals surface area contributed by atoms with Crippen molar-refractivity contribution in [1.29, 1.82) is 0 Å². The quantitative estimate of drug-likeness (QED) is 0.608. The van der Waals surface area contributed by atoms with Crippen molar-refractivity contribution < 1.29 is 22.7 Å². The van der Waals surface area contributed by atoms with Gasteiger partial charge in [-0.25, -0.2) is 13.2 Å². The third kappa shape index (κ3) is 4.91. The average molecular weight is 324 g/mol. The minimum absolute atomic E-state index is 0.260. The Balaban J connectivity index is 1.70. The fourth-order valence-electron chi connectivity index (χ4n) is 1.78. The van der Waals surface area contributed by atoms with E-state index in [2.05, 4.69) is 10.6 Å². The number of carbonyl (C=O) groups excluding carboxylic acids is 1. The third-order valence-corrected chi connectivity index (χ3v) is 2.91. The second-order valence-corrected chi connectivity index (χ2v) is 4.59. The predicted octanol–water partition coefficient (Wildman–Crippen LogP) is 2.71. The highest BCUT2D eigenvalue weighted by molar-refractivity contribution is 5.80. The van der Waals surface area contributed by atoms with Crippen LogP contribution in [0.2, 0.25) is 0 Å². The molecule has 1 amide bonds. The standard InChI is InChI=1S/C16H15F3N2O2/c17-12-6-7-13(16(19)15(12)18)21-10-14(22)20-8-9-23-11-4-2-1-3-5-11/h1-7,21H,8-10H2,(H,20,22). The fourth-order valence-corrected chi connectivity index (χ4v) is 1.78. The zero-order valence-corrected chi connectivity index (χ0v) is 12.1. The molecule has 0 aliphatic heterocycles. The van der Waals surface area contributed by atoms with Gasteiger partial charge >= 0.3 is 0 Å². The van der Waals surface area contributed by atoms with Gasteiger partial charge in [-0.2, -0.15) is 0 Å². The second kappa shape index (κ2) is 8.07. The van der Waals surface area contributed by atoms with Gasteiger partial charge in [-0.3, -0.25) is 4.79 Å². The van der Waals surface area contributed by atoms with Crippen molar-refractivity contribution in [2.75, 3.05) is 25.0 Å². The summed E-state index contributed by atoms with van der Waals surface area (Å²) < 4.78 is 44.5. The van der Waals surface area contributed by atoms with E-state index in [0.29, 0.717) is 5.75 Å². The van der Waals surface area contributed by atoms with Crippen molar-refractivity contribution in [1.82, 2.24) is 5.32 Å². The van der Waals surface area contributed by atoms with Gasteiger partial charge < -0.3 is 15.4 Å². The van der Waals surface area contributed by atoms with Crippen LogP contribution in [-0.4, -0.2) is 25.6 Å². The van der Waals surface area contributed by atoms with Gasteiger partial charge in [-0.1, -0.05) is 18.2 Å². The lowest BCUT2D eigenvalue weighted by molar-refractivity contribution is -0.119. The number of amides is 1. The summed E-state index contributed by atoms with van der Waals surface area (Å²) in [6, 6.07) is 10.9. The van der Waals surface area contributed by atoms with Gasteiger partial charge in [0.25, 0.3) is 0 Å². The van der Waals surface area contributed by atoms with Gasteiger partial charge in [0.1, 0.15) is 12.4 Å². The van der Waals surface area contributed by atoms with Gasteiger partial charge in [0, 0.05) is 0 Å². The summed E-state index contributed by atoms with van der Waals surface area (Å²) >= 11 is 0. The van der Waals surface area contributed by atoms with Gasteiger partial charge in [0.2, 0.25) is 5.91 Å². The molecule has 0 unspecified atom stereocenters. The molecule has 0 heterocycles. The summed E-state index contributed by atoms with van der Waals surface area (Å²) in [5, 5.41) is 4.96. The van der Waals surface area contributed by atoms with Crippen LogP contribution in [0.3, 0.4) is 0 Å². The van der Waals surface area contributed by atoms with Crippen LogP contribution >= 0.6 is 0 Å². The van der Waals surface area contributed by atoms with E-state index >= 15 is 0 Å². The molecule has 122 valence electrons. The fraction of sp³-hybridized carbons (Fsp3) is 0.188. The highest BCUT2D eigenvalue weighted by Crippen LogP contribution is 2.19. The van der Waals surface area contributed by atoms with Crippen molar-refractivity contribution in [2.45, 2.75) is 0 Å². The first kappa shape index (κ1) is 16.7. The molecule has 0 radical (unpaired) electrons. The highest BCUT2D eigenvalue weighted by atomic mass is 19.2. The van der Waals surface area contributed by atoms with Crippen molar-refractivity contribution in [3.05, 3.63) is 59.9 Å². The molecular weight excluding hydrogens is 309 g/mol. The van der Waals surface area contributed by atoms with E-state index in [4.69, 9.17) is 4.74 Å². The van der Waals surface area contributed by atoms with E-state index in [1.165, 1.54) is 0 Å². The molecular formula is C16H15F3N2O2. The topological polar surface area (TPSA) is 50.4 Å². The van der Waals surface area contributed by atoms with E-state index in [-0.39, 0.29) is 25.4 Å². The van der Waals surface area contributed by atoms with E-state index in [0.717, 1.165) is 12.1 Å². The summed E-state index contributed by atoms with van der Waals surface area (Å²) in [5.41, 5.74) is -0.278. The van der Waals surface area contributed by atoms with Gasteiger partial charge in [-0.05, 0) is 24.3 Å². The van der Waals surface area contributed by atoms with Crippen LogP contribution in [0.1, 0.15) is 0 Å². The Morgan fingerprint density at radius 2 is 1.74 bits per heavy atom. The first-order valence-corrected chi connectivity index (χ1v) is 6.90. The normalized spacial score (nSPS) is 10.2. The Morgan fingerprint density at radius 3 is 2.48 bits per heavy atom. The van der Waals surface area contributed by atoms with E-state index in [1.807, 2.05) is 18.2 Å². The Bertz CT molecular complexity index is 666. The van der Waals surface area contributed by atoms with E-state index in [1.54, 1.807) is 12.1 Å². The predicted molar refractivity (Wildman–Crippen MR) is 79.8 cm³/mol. The number of nitrogens with one attached hydrogen (secondary N) is 2. The molecule has 7 heteroatoms. The lowest BCUT2D eigenvalue weighted by atomic mass is 10.3. The van der Waals surface area contributed by atoms with Crippen LogP contribution in [0.4, 0.5) is 18.9 Å². The molecule has 2 aromatic rings. The molecule has 0 aliphatic rings. The molecule has 2 aromatic carbocycles. The largest absolute Gasteiger partial charge is 0.492 e. The molecule has 2 N–H and O–H groups in total. The molecule has 0 atom stereocenters. The van der Waals surface area contributed by atoms with Crippen LogP contribution in [0.15, 0.2) is 42.5 Å². The van der Waals surface area contributed by atoms with Crippen molar-refractivity contribution >= 4 is 11.6 Å². The van der Waals surface area contributed by atoms with Crippen molar-refractivity contribution in [2.24, 2.45) is 0 Å². The number of anilines is 1. The maximum atomic E-state index is 13.4. The van der Waals surface area contributed by atoms with Crippen LogP contribution in [0.5, 0.6) is 5.75 Å². The van der Waals surface area contributed by atoms with Crippen LogP contribution in [0, 0.1) is 17.5 Å². The van der Waals surface area contributed by atoms with Gasteiger partial charge in [0.15, 0.2) is 17.5 Å². The number of benzene rings is 2. The van der Waals surface area contributed by atoms with Crippen LogP contribution in [0.25, 0.3) is 0 Å². The van der Waals surface area contributed by atoms with Gasteiger partial charge in [-0.15, -0.1) is 0 Å². The molecule has 2 rings (SSSR count). The summed E-state index contributed by atoms with van der Waals surface area (Å²) in [7, 11) is 0. The Morgan fingerprint density at radius 1 is 1.00 bits per heavy atom. The number of halogens is 3.